The van der Waals surface area contributed by atoms with Gasteiger partial charge in [-0.25, -0.2) is 19.2 Å². The van der Waals surface area contributed by atoms with Crippen molar-refractivity contribution in [3.63, 3.8) is 0 Å². The molecule has 4 aromatic carbocycles. The van der Waals surface area contributed by atoms with Gasteiger partial charge in [-0.15, -0.1) is 0 Å². The maximum absolute atomic E-state index is 13.7. The van der Waals surface area contributed by atoms with Gasteiger partial charge in [0.15, 0.2) is 0 Å². The lowest BCUT2D eigenvalue weighted by molar-refractivity contribution is 0.0480. The van der Waals surface area contributed by atoms with Gasteiger partial charge < -0.3 is 18.9 Å². The van der Waals surface area contributed by atoms with Crippen LogP contribution in [-0.4, -0.2) is 50.3 Å². The van der Waals surface area contributed by atoms with Gasteiger partial charge in [-0.1, -0.05) is 129 Å². The first kappa shape index (κ1) is 40.6. The quantitative estimate of drug-likeness (QED) is 0.0306. The second-order valence-corrected chi connectivity index (χ2v) is 13.8. The molecule has 0 saturated carbocycles. The zero-order valence-corrected chi connectivity index (χ0v) is 31.9. The van der Waals surface area contributed by atoms with Crippen molar-refractivity contribution in [1.29, 1.82) is 0 Å². The number of carbonyl (C=O) groups is 4. The van der Waals surface area contributed by atoms with Gasteiger partial charge in [0.2, 0.25) is 0 Å². The largest absolute Gasteiger partial charge is 0.462 e. The molecule has 4 aromatic rings. The average Bonchev–Trinajstić information content (AvgIpc) is 3.15. The number of rotatable bonds is 24. The smallest absolute Gasteiger partial charge is 0.338 e. The molecule has 0 aliphatic carbocycles. The molecule has 0 saturated heterocycles. The van der Waals surface area contributed by atoms with Gasteiger partial charge in [0, 0.05) is 0 Å². The van der Waals surface area contributed by atoms with Crippen molar-refractivity contribution in [2.45, 2.75) is 130 Å². The Morgan fingerprint density at radius 1 is 0.365 bits per heavy atom. The van der Waals surface area contributed by atoms with Crippen LogP contribution in [0.4, 0.5) is 0 Å². The van der Waals surface area contributed by atoms with Gasteiger partial charge in [-0.2, -0.15) is 0 Å². The molecule has 0 amide bonds. The van der Waals surface area contributed by atoms with Crippen LogP contribution in [0.25, 0.3) is 32.3 Å². The van der Waals surface area contributed by atoms with Crippen molar-refractivity contribution < 1.29 is 38.1 Å². The summed E-state index contributed by atoms with van der Waals surface area (Å²) in [6.07, 6.45) is 15.2. The van der Waals surface area contributed by atoms with E-state index in [-0.39, 0.29) is 48.7 Å². The molecule has 8 heteroatoms. The highest BCUT2D eigenvalue weighted by molar-refractivity contribution is 6.32. The van der Waals surface area contributed by atoms with Crippen LogP contribution in [0.15, 0.2) is 36.4 Å². The summed E-state index contributed by atoms with van der Waals surface area (Å²) in [5.74, 6) is -2.15. The first-order valence-corrected chi connectivity index (χ1v) is 19.8. The van der Waals surface area contributed by atoms with Gasteiger partial charge in [0.05, 0.1) is 48.7 Å². The first-order chi connectivity index (χ1) is 25.4. The Hall–Kier alpha value is -4.20. The van der Waals surface area contributed by atoms with E-state index in [1.165, 1.54) is 0 Å². The molecule has 0 aliphatic heterocycles. The van der Waals surface area contributed by atoms with Gasteiger partial charge in [-0.3, -0.25) is 0 Å². The fourth-order valence-corrected chi connectivity index (χ4v) is 6.75. The van der Waals surface area contributed by atoms with Gasteiger partial charge in [0.25, 0.3) is 0 Å². The number of unbranched alkanes of at least 4 members (excludes halogenated alkanes) is 12. The van der Waals surface area contributed by atoms with Crippen molar-refractivity contribution in [3.05, 3.63) is 58.7 Å². The number of esters is 4. The Morgan fingerprint density at radius 3 is 0.808 bits per heavy atom. The second-order valence-electron chi connectivity index (χ2n) is 13.8. The van der Waals surface area contributed by atoms with Crippen molar-refractivity contribution in [1.82, 2.24) is 0 Å². The predicted octanol–water partition coefficient (Wildman–Crippen LogP) is 11.5. The van der Waals surface area contributed by atoms with Crippen LogP contribution < -0.4 is 0 Å². The Labute approximate surface area is 309 Å². The van der Waals surface area contributed by atoms with Crippen molar-refractivity contribution in [2.75, 3.05) is 26.4 Å². The fourth-order valence-electron chi connectivity index (χ4n) is 6.75. The maximum atomic E-state index is 13.7. The third kappa shape index (κ3) is 10.4. The fraction of sp³-hybridized carbons (Fsp3) is 0.545. The van der Waals surface area contributed by atoms with E-state index in [0.29, 0.717) is 32.3 Å². The third-order valence-corrected chi connectivity index (χ3v) is 9.70. The van der Waals surface area contributed by atoms with E-state index in [1.54, 1.807) is 36.4 Å². The van der Waals surface area contributed by atoms with Crippen LogP contribution in [0.5, 0.6) is 0 Å². The second kappa shape index (κ2) is 21.4. The van der Waals surface area contributed by atoms with E-state index < -0.39 is 23.9 Å². The lowest BCUT2D eigenvalue weighted by atomic mass is 9.86. The van der Waals surface area contributed by atoms with Crippen molar-refractivity contribution in [2.24, 2.45) is 0 Å². The molecule has 0 spiro atoms. The van der Waals surface area contributed by atoms with E-state index in [9.17, 15) is 19.2 Å². The summed E-state index contributed by atoms with van der Waals surface area (Å²) >= 11 is 0. The molecule has 52 heavy (non-hydrogen) atoms. The third-order valence-electron chi connectivity index (χ3n) is 9.70. The maximum Gasteiger partial charge on any atom is 0.338 e. The molecular formula is C44H58O8. The molecule has 0 aliphatic rings. The van der Waals surface area contributed by atoms with Gasteiger partial charge in [0.1, 0.15) is 0 Å². The molecule has 0 radical (unpaired) electrons. The van der Waals surface area contributed by atoms with Gasteiger partial charge in [-0.05, 0) is 70.1 Å². The minimum atomic E-state index is -0.537. The summed E-state index contributed by atoms with van der Waals surface area (Å²) < 4.78 is 23.0. The lowest BCUT2D eigenvalue weighted by Gasteiger charge is -2.19. The summed E-state index contributed by atoms with van der Waals surface area (Å²) in [6, 6.07) is 10.3. The molecule has 8 nitrogen and oxygen atoms in total. The Kier molecular flexibility index (Phi) is 16.7. The monoisotopic (exact) mass is 714 g/mol. The lowest BCUT2D eigenvalue weighted by Crippen LogP contribution is -2.14. The molecule has 0 fully saturated rings. The number of hydrogen-bond donors (Lipinski definition) is 0. The van der Waals surface area contributed by atoms with Crippen LogP contribution in [0.2, 0.25) is 0 Å². The highest BCUT2D eigenvalue weighted by atomic mass is 16.5. The number of ether oxygens (including phenoxy) is 4. The highest BCUT2D eigenvalue weighted by Gasteiger charge is 2.27. The Bertz CT molecular complexity index is 1520. The molecular weight excluding hydrogens is 656 g/mol. The summed E-state index contributed by atoms with van der Waals surface area (Å²) in [4.78, 5) is 55.0. The first-order valence-electron chi connectivity index (χ1n) is 19.8. The van der Waals surface area contributed by atoms with E-state index in [1.807, 2.05) is 0 Å². The molecule has 0 bridgehead atoms. The van der Waals surface area contributed by atoms with Crippen molar-refractivity contribution in [3.8, 4) is 0 Å². The molecule has 0 atom stereocenters. The molecule has 0 N–H and O–H groups in total. The summed E-state index contributed by atoms with van der Waals surface area (Å²) in [5.41, 5.74) is 0.942. The standard InChI is InChI=1S/C44H58O8/c1-5-9-13-17-25-49-41(45)35-29-36(42(46)50-26-18-14-10-6-2)32-23-24-34-38(44(48)52-28-20-16-12-8-4)30-37(43(47)51-27-19-15-11-7-3)33-22-21-31(35)39(32)40(33)34/h21-24,29-30H,5-20,25-28H2,1-4H3. The molecule has 4 rings (SSSR count). The zero-order chi connectivity index (χ0) is 37.3. The van der Waals surface area contributed by atoms with Crippen LogP contribution in [0.1, 0.15) is 172 Å². The van der Waals surface area contributed by atoms with E-state index in [0.717, 1.165) is 103 Å². The zero-order valence-electron chi connectivity index (χ0n) is 31.9. The predicted molar refractivity (Wildman–Crippen MR) is 208 cm³/mol. The molecule has 282 valence electrons. The summed E-state index contributed by atoms with van der Waals surface area (Å²) in [7, 11) is 0. The summed E-state index contributed by atoms with van der Waals surface area (Å²) in [5, 5.41) is 3.43. The van der Waals surface area contributed by atoms with E-state index in [4.69, 9.17) is 18.9 Å². The summed E-state index contributed by atoms with van der Waals surface area (Å²) in [6.45, 7) is 9.55. The van der Waals surface area contributed by atoms with E-state index in [2.05, 4.69) is 27.7 Å². The molecule has 0 unspecified atom stereocenters. The van der Waals surface area contributed by atoms with Crippen LogP contribution in [0.3, 0.4) is 0 Å². The number of carbonyl (C=O) groups excluding carboxylic acids is 4. The Balaban J connectivity index is 1.87. The van der Waals surface area contributed by atoms with Gasteiger partial charge >= 0.3 is 23.9 Å². The highest BCUT2D eigenvalue weighted by Crippen LogP contribution is 2.41. The topological polar surface area (TPSA) is 105 Å². The molecule has 0 heterocycles. The average molecular weight is 715 g/mol. The van der Waals surface area contributed by atoms with E-state index >= 15 is 0 Å². The normalized spacial score (nSPS) is 11.4. The molecule has 0 aromatic heterocycles. The number of hydrogen-bond acceptors (Lipinski definition) is 8. The van der Waals surface area contributed by atoms with Crippen LogP contribution in [0, 0.1) is 0 Å². The van der Waals surface area contributed by atoms with Crippen LogP contribution in [-0.2, 0) is 18.9 Å². The minimum Gasteiger partial charge on any atom is -0.462 e. The minimum absolute atomic E-state index is 0.235. The van der Waals surface area contributed by atoms with Crippen molar-refractivity contribution >= 4 is 56.2 Å². The SMILES string of the molecule is CCCCCCOC(=O)c1cc(C(=O)OCCCCCC)c2ccc3c(C(=O)OCCCCCC)cc(C(=O)OCCCCCC)c4ccc1c2c43. The number of benzene rings is 4. The Morgan fingerprint density at radius 2 is 0.596 bits per heavy atom. The van der Waals surface area contributed by atoms with Crippen LogP contribution >= 0.6 is 0 Å².